The topological polar surface area (TPSA) is 132 Å². The monoisotopic (exact) mass is 932 g/mol. The molecule has 4 fully saturated rings. The van der Waals surface area contributed by atoms with Crippen molar-refractivity contribution in [3.63, 3.8) is 0 Å². The third-order valence-electron chi connectivity index (χ3n) is 14.1. The van der Waals surface area contributed by atoms with Crippen LogP contribution in [0.5, 0.6) is 11.8 Å². The van der Waals surface area contributed by atoms with Crippen molar-refractivity contribution in [1.29, 1.82) is 0 Å². The molecular formula is C53H66FN7O7. The predicted molar refractivity (Wildman–Crippen MR) is 259 cm³/mol. The number of methoxy groups -OCH3 is 1. The quantitative estimate of drug-likeness (QED) is 0.0927. The first-order valence-corrected chi connectivity index (χ1v) is 24.6. The minimum absolute atomic E-state index is 0.0416. The van der Waals surface area contributed by atoms with Gasteiger partial charge in [0.2, 0.25) is 0 Å². The van der Waals surface area contributed by atoms with Gasteiger partial charge in [-0.15, -0.1) is 0 Å². The summed E-state index contributed by atoms with van der Waals surface area (Å²) in [5.74, 6) is 1.08. The van der Waals surface area contributed by atoms with Gasteiger partial charge in [0.05, 0.1) is 17.5 Å². The fraction of sp³-hybridized carbons (Fsp3) is 0.528. The maximum absolute atomic E-state index is 17.6. The summed E-state index contributed by atoms with van der Waals surface area (Å²) in [5.41, 5.74) is 2.32. The molecule has 0 spiro atoms. The molecule has 3 aromatic carbocycles. The van der Waals surface area contributed by atoms with Gasteiger partial charge in [0.15, 0.2) is 12.6 Å². The third-order valence-corrected chi connectivity index (χ3v) is 14.1. The maximum atomic E-state index is 17.6. The van der Waals surface area contributed by atoms with Crippen LogP contribution in [0, 0.1) is 11.7 Å². The SMILES string of the molecule is CCc1cccc2cc(OCOC)cc(-c3ncc4c(N5CC6CCC(C5)N6C(=O)OC(C)(C)C)nc(OC[C@@H]5CCCN5CCCC5CCN(C(=O)OCc6ccccc6)CC5)nc4c3F)c12. The van der Waals surface area contributed by atoms with Crippen LogP contribution in [-0.2, 0) is 27.2 Å². The van der Waals surface area contributed by atoms with Gasteiger partial charge >= 0.3 is 18.2 Å². The summed E-state index contributed by atoms with van der Waals surface area (Å²) in [4.78, 5) is 49.3. The number of rotatable bonds is 15. The molecule has 15 heteroatoms. The number of anilines is 1. The molecule has 2 aromatic heterocycles. The fourth-order valence-electron chi connectivity index (χ4n) is 10.7. The van der Waals surface area contributed by atoms with Crippen molar-refractivity contribution >= 4 is 39.7 Å². The van der Waals surface area contributed by atoms with Crippen LogP contribution in [0.2, 0.25) is 0 Å². The lowest BCUT2D eigenvalue weighted by molar-refractivity contribution is 0.0122. The number of hydrogen-bond acceptors (Lipinski definition) is 12. The number of piperazine rings is 1. The number of fused-ring (bicyclic) bond motifs is 4. The number of pyridine rings is 1. The van der Waals surface area contributed by atoms with Gasteiger partial charge in [-0.25, -0.2) is 14.0 Å². The highest BCUT2D eigenvalue weighted by molar-refractivity contribution is 6.01. The Morgan fingerprint density at radius 2 is 1.66 bits per heavy atom. The Morgan fingerprint density at radius 3 is 2.40 bits per heavy atom. The number of benzene rings is 3. The van der Waals surface area contributed by atoms with Crippen LogP contribution in [0.4, 0.5) is 19.8 Å². The molecule has 6 heterocycles. The lowest BCUT2D eigenvalue weighted by Gasteiger charge is -2.42. The van der Waals surface area contributed by atoms with Gasteiger partial charge in [0.25, 0.3) is 0 Å². The molecule has 4 aliphatic heterocycles. The van der Waals surface area contributed by atoms with E-state index >= 15 is 4.39 Å². The number of piperidine rings is 1. The Kier molecular flexibility index (Phi) is 14.5. The van der Waals surface area contributed by atoms with E-state index in [9.17, 15) is 9.59 Å². The summed E-state index contributed by atoms with van der Waals surface area (Å²) in [5, 5.41) is 2.29. The Labute approximate surface area is 399 Å². The van der Waals surface area contributed by atoms with Gasteiger partial charge in [-0.05, 0) is 132 Å². The molecule has 14 nitrogen and oxygen atoms in total. The average Bonchev–Trinajstić information content (AvgIpc) is 3.91. The first-order chi connectivity index (χ1) is 33.0. The highest BCUT2D eigenvalue weighted by Gasteiger charge is 2.45. The summed E-state index contributed by atoms with van der Waals surface area (Å²) in [7, 11) is 1.56. The zero-order valence-electron chi connectivity index (χ0n) is 40.3. The van der Waals surface area contributed by atoms with E-state index in [0.717, 1.165) is 106 Å². The summed E-state index contributed by atoms with van der Waals surface area (Å²) in [6.07, 6.45) is 9.70. The van der Waals surface area contributed by atoms with Crippen molar-refractivity contribution in [2.45, 2.75) is 116 Å². The second kappa shape index (κ2) is 20.8. The second-order valence-electron chi connectivity index (χ2n) is 19.8. The normalized spacial score (nSPS) is 20.1. The number of aryl methyl sites for hydroxylation is 1. The molecule has 2 amide bonds. The van der Waals surface area contributed by atoms with Crippen molar-refractivity contribution in [3.8, 4) is 23.0 Å². The van der Waals surface area contributed by atoms with E-state index in [1.807, 2.05) is 85.2 Å². The van der Waals surface area contributed by atoms with Crippen LogP contribution < -0.4 is 14.4 Å². The van der Waals surface area contributed by atoms with Crippen molar-refractivity contribution in [3.05, 3.63) is 83.8 Å². The second-order valence-corrected chi connectivity index (χ2v) is 19.8. The van der Waals surface area contributed by atoms with Gasteiger partial charge in [-0.3, -0.25) is 14.8 Å². The lowest BCUT2D eigenvalue weighted by Crippen LogP contribution is -2.57. The van der Waals surface area contributed by atoms with Gasteiger partial charge in [0.1, 0.15) is 41.6 Å². The first-order valence-electron chi connectivity index (χ1n) is 24.6. The molecule has 0 radical (unpaired) electrons. The van der Waals surface area contributed by atoms with Crippen LogP contribution in [0.1, 0.15) is 90.2 Å². The zero-order valence-corrected chi connectivity index (χ0v) is 40.3. The zero-order chi connectivity index (χ0) is 47.4. The van der Waals surface area contributed by atoms with Crippen molar-refractivity contribution in [2.24, 2.45) is 5.92 Å². The molecule has 2 unspecified atom stereocenters. The molecule has 0 saturated carbocycles. The number of amides is 2. The third kappa shape index (κ3) is 10.6. The highest BCUT2D eigenvalue weighted by Crippen LogP contribution is 2.41. The molecule has 0 N–H and O–H groups in total. The maximum Gasteiger partial charge on any atom is 0.410 e. The smallest absolute Gasteiger partial charge is 0.410 e. The number of carbonyl (C=O) groups excluding carboxylic acids is 2. The van der Waals surface area contributed by atoms with Gasteiger partial charge in [-0.1, -0.05) is 55.5 Å². The van der Waals surface area contributed by atoms with Crippen LogP contribution in [0.3, 0.4) is 0 Å². The minimum Gasteiger partial charge on any atom is -0.468 e. The van der Waals surface area contributed by atoms with Gasteiger partial charge < -0.3 is 33.5 Å². The van der Waals surface area contributed by atoms with Crippen LogP contribution in [0.15, 0.2) is 66.9 Å². The van der Waals surface area contributed by atoms with Crippen LogP contribution in [0.25, 0.3) is 32.9 Å². The Balaban J connectivity index is 0.930. The van der Waals surface area contributed by atoms with E-state index in [1.165, 1.54) is 0 Å². The van der Waals surface area contributed by atoms with Crippen molar-refractivity contribution < 1.29 is 37.7 Å². The number of carbonyl (C=O) groups is 2. The summed E-state index contributed by atoms with van der Waals surface area (Å²) in [6.45, 7) is 12.8. The highest BCUT2D eigenvalue weighted by atomic mass is 19.1. The largest absolute Gasteiger partial charge is 0.468 e. The number of halogens is 1. The molecule has 4 aliphatic rings. The Morgan fingerprint density at radius 1 is 0.882 bits per heavy atom. The van der Waals surface area contributed by atoms with Crippen LogP contribution >= 0.6 is 0 Å². The standard InChI is InChI=1S/C53H66FN7O7/c1-6-37-16-10-17-38-27-42(67-34-64-5)28-43(45(37)38)47-46(54)48-44(29-55-47)49(60-30-39-19-20-40(31-60)61(39)52(63)68-53(2,3)4)57-50(56-48)65-33-41-18-12-24-58(41)23-11-15-35-21-25-59(26-22-35)51(62)66-32-36-13-8-7-9-14-36/h7-10,13-14,16-17,27-29,35,39-41H,6,11-12,15,18-26,30-34H2,1-5H3/t39?,40?,41-/m0/s1. The Hall–Kier alpha value is -5.80. The molecule has 68 heavy (non-hydrogen) atoms. The Bertz CT molecular complexity index is 2550. The molecule has 9 rings (SSSR count). The lowest BCUT2D eigenvalue weighted by atomic mass is 9.92. The molecular weight excluding hydrogens is 866 g/mol. The first kappa shape index (κ1) is 47.3. The van der Waals surface area contributed by atoms with Gasteiger partial charge in [-0.2, -0.15) is 9.97 Å². The average molecular weight is 932 g/mol. The van der Waals surface area contributed by atoms with Crippen molar-refractivity contribution in [2.75, 3.05) is 64.7 Å². The molecule has 362 valence electrons. The van der Waals surface area contributed by atoms with Crippen LogP contribution in [-0.4, -0.2) is 125 Å². The van der Waals surface area contributed by atoms with Crippen molar-refractivity contribution in [1.82, 2.24) is 29.7 Å². The summed E-state index contributed by atoms with van der Waals surface area (Å²) < 4.78 is 46.7. The van der Waals surface area contributed by atoms with E-state index in [2.05, 4.69) is 22.8 Å². The molecule has 2 bridgehead atoms. The number of aromatic nitrogens is 3. The number of ether oxygens (including phenoxy) is 5. The number of likely N-dealkylation sites (tertiary alicyclic amines) is 2. The minimum atomic E-state index is -0.614. The predicted octanol–water partition coefficient (Wildman–Crippen LogP) is 9.79. The molecule has 4 saturated heterocycles. The van der Waals surface area contributed by atoms with E-state index < -0.39 is 11.4 Å². The number of nitrogens with zero attached hydrogens (tertiary/aromatic N) is 7. The number of hydrogen-bond donors (Lipinski definition) is 0. The summed E-state index contributed by atoms with van der Waals surface area (Å²) >= 11 is 0. The van der Waals surface area contributed by atoms with E-state index in [-0.39, 0.29) is 60.9 Å². The van der Waals surface area contributed by atoms with Gasteiger partial charge in [0, 0.05) is 51.1 Å². The molecule has 0 aliphatic carbocycles. The molecule has 5 aromatic rings. The molecule has 3 atom stereocenters. The summed E-state index contributed by atoms with van der Waals surface area (Å²) in [6, 6.07) is 19.7. The fourth-order valence-corrected chi connectivity index (χ4v) is 10.7. The van der Waals surface area contributed by atoms with E-state index in [0.29, 0.717) is 48.1 Å². The van der Waals surface area contributed by atoms with E-state index in [4.69, 9.17) is 38.6 Å². The van der Waals surface area contributed by atoms with E-state index in [1.54, 1.807) is 13.3 Å².